The molecule has 1 aliphatic rings. The van der Waals surface area contributed by atoms with E-state index in [0.717, 1.165) is 6.42 Å². The highest BCUT2D eigenvalue weighted by Gasteiger charge is 2.42. The molecule has 1 saturated carbocycles. The van der Waals surface area contributed by atoms with Crippen LogP contribution >= 0.6 is 0 Å². The van der Waals surface area contributed by atoms with E-state index in [0.29, 0.717) is 12.3 Å². The van der Waals surface area contributed by atoms with Crippen LogP contribution in [0.4, 0.5) is 0 Å². The Morgan fingerprint density at radius 3 is 2.55 bits per heavy atom. The molecule has 3 atom stereocenters. The molecule has 1 N–H and O–H groups in total. The summed E-state index contributed by atoms with van der Waals surface area (Å²) in [5.74, 6) is 0.564. The van der Waals surface area contributed by atoms with Crippen molar-refractivity contribution in [2.24, 2.45) is 11.8 Å². The van der Waals surface area contributed by atoms with Gasteiger partial charge in [-0.05, 0) is 25.2 Å². The van der Waals surface area contributed by atoms with Crippen molar-refractivity contribution in [3.05, 3.63) is 0 Å². The van der Waals surface area contributed by atoms with Crippen molar-refractivity contribution in [1.29, 1.82) is 0 Å². The molecule has 0 aliphatic heterocycles. The Morgan fingerprint density at radius 1 is 1.55 bits per heavy atom. The largest absolute Gasteiger partial charge is 0.382 e. The number of rotatable bonds is 0. The summed E-state index contributed by atoms with van der Waals surface area (Å²) in [5, 5.41) is 9.73. The Bertz CT molecular complexity index is 172. The van der Waals surface area contributed by atoms with E-state index in [-0.39, 0.29) is 11.7 Å². The second-order valence-electron chi connectivity index (χ2n) is 3.88. The maximum atomic E-state index is 11.2. The van der Waals surface area contributed by atoms with Crippen molar-refractivity contribution in [3.8, 4) is 0 Å². The Balaban J connectivity index is 2.80. The van der Waals surface area contributed by atoms with Crippen LogP contribution < -0.4 is 0 Å². The molecule has 0 heterocycles. The fourth-order valence-electron chi connectivity index (χ4n) is 1.67. The van der Waals surface area contributed by atoms with Gasteiger partial charge in [-0.25, -0.2) is 0 Å². The lowest BCUT2D eigenvalue weighted by Gasteiger charge is -2.37. The minimum absolute atomic E-state index is 0.00287. The van der Waals surface area contributed by atoms with Crippen molar-refractivity contribution in [2.75, 3.05) is 0 Å². The Morgan fingerprint density at radius 2 is 2.09 bits per heavy atom. The lowest BCUT2D eigenvalue weighted by atomic mass is 9.71. The summed E-state index contributed by atoms with van der Waals surface area (Å²) in [6, 6.07) is 0. The van der Waals surface area contributed by atoms with E-state index in [1.54, 1.807) is 6.92 Å². The first-order chi connectivity index (χ1) is 4.96. The molecule has 1 rings (SSSR count). The van der Waals surface area contributed by atoms with E-state index in [2.05, 4.69) is 6.92 Å². The third-order valence-corrected chi connectivity index (χ3v) is 3.13. The van der Waals surface area contributed by atoms with E-state index < -0.39 is 5.60 Å². The number of carbonyl (C=O) groups excluding carboxylic acids is 1. The third kappa shape index (κ3) is 1.32. The molecular formula is C9H16O2. The highest BCUT2D eigenvalue weighted by atomic mass is 16.3. The van der Waals surface area contributed by atoms with Gasteiger partial charge in [0.15, 0.2) is 5.78 Å². The maximum absolute atomic E-state index is 11.2. The van der Waals surface area contributed by atoms with E-state index in [1.807, 2.05) is 6.92 Å². The van der Waals surface area contributed by atoms with Crippen LogP contribution in [-0.4, -0.2) is 16.5 Å². The topological polar surface area (TPSA) is 37.3 Å². The fraction of sp³-hybridized carbons (Fsp3) is 0.889. The highest BCUT2D eigenvalue weighted by molar-refractivity contribution is 5.87. The molecule has 11 heavy (non-hydrogen) atoms. The lowest BCUT2D eigenvalue weighted by molar-refractivity contribution is -0.147. The molecule has 0 spiro atoms. The molecule has 2 heteroatoms. The van der Waals surface area contributed by atoms with Crippen LogP contribution in [0.25, 0.3) is 0 Å². The number of ketones is 1. The highest BCUT2D eigenvalue weighted by Crippen LogP contribution is 2.34. The van der Waals surface area contributed by atoms with Crippen LogP contribution in [0.15, 0.2) is 0 Å². The summed E-state index contributed by atoms with van der Waals surface area (Å²) >= 11 is 0. The second-order valence-corrected chi connectivity index (χ2v) is 3.88. The number of aliphatic hydroxyl groups is 1. The summed E-state index contributed by atoms with van der Waals surface area (Å²) in [6.07, 6.45) is 1.47. The van der Waals surface area contributed by atoms with Crippen LogP contribution in [0.5, 0.6) is 0 Å². The third-order valence-electron chi connectivity index (χ3n) is 3.13. The van der Waals surface area contributed by atoms with E-state index in [1.165, 1.54) is 0 Å². The Kier molecular flexibility index (Phi) is 2.06. The molecule has 0 radical (unpaired) electrons. The lowest BCUT2D eigenvalue weighted by Crippen LogP contribution is -2.47. The van der Waals surface area contributed by atoms with Gasteiger partial charge in [0, 0.05) is 6.42 Å². The van der Waals surface area contributed by atoms with Gasteiger partial charge in [-0.3, -0.25) is 4.79 Å². The number of carbonyl (C=O) groups is 1. The molecule has 1 fully saturated rings. The van der Waals surface area contributed by atoms with Crippen LogP contribution in [0, 0.1) is 11.8 Å². The van der Waals surface area contributed by atoms with Gasteiger partial charge in [0.25, 0.3) is 0 Å². The van der Waals surface area contributed by atoms with Gasteiger partial charge in [0.05, 0.1) is 0 Å². The molecule has 0 aromatic carbocycles. The zero-order valence-electron chi connectivity index (χ0n) is 7.42. The minimum Gasteiger partial charge on any atom is -0.382 e. The summed E-state index contributed by atoms with van der Waals surface area (Å²) in [5.41, 5.74) is -1.07. The molecule has 1 aliphatic carbocycles. The number of Topliss-reactive ketones (excluding diaryl/α,β-unsaturated/α-hetero) is 1. The van der Waals surface area contributed by atoms with Crippen molar-refractivity contribution in [2.45, 2.75) is 39.2 Å². The number of hydrogen-bond acceptors (Lipinski definition) is 2. The molecule has 2 nitrogen and oxygen atoms in total. The van der Waals surface area contributed by atoms with Crippen molar-refractivity contribution < 1.29 is 9.90 Å². The quantitative estimate of drug-likeness (QED) is 0.575. The molecule has 0 saturated heterocycles. The van der Waals surface area contributed by atoms with E-state index in [4.69, 9.17) is 0 Å². The second kappa shape index (κ2) is 2.59. The van der Waals surface area contributed by atoms with E-state index >= 15 is 0 Å². The van der Waals surface area contributed by atoms with Gasteiger partial charge in [0.2, 0.25) is 0 Å². The predicted octanol–water partition coefficient (Wildman–Crippen LogP) is 1.37. The molecule has 0 amide bonds. The van der Waals surface area contributed by atoms with Gasteiger partial charge in [-0.2, -0.15) is 0 Å². The first-order valence-corrected chi connectivity index (χ1v) is 4.22. The first-order valence-electron chi connectivity index (χ1n) is 4.22. The SMILES string of the molecule is CC1CCC(=O)C(C)(O)C1C. The fourth-order valence-corrected chi connectivity index (χ4v) is 1.67. The maximum Gasteiger partial charge on any atom is 0.164 e. The standard InChI is InChI=1S/C9H16O2/c1-6-4-5-8(10)9(3,11)7(6)2/h6-7,11H,4-5H2,1-3H3. The molecule has 3 unspecified atom stereocenters. The summed E-state index contributed by atoms with van der Waals surface area (Å²) in [4.78, 5) is 11.2. The molecule has 64 valence electrons. The van der Waals surface area contributed by atoms with Crippen LogP contribution in [-0.2, 0) is 4.79 Å². The van der Waals surface area contributed by atoms with Gasteiger partial charge in [0.1, 0.15) is 5.60 Å². The van der Waals surface area contributed by atoms with Crippen LogP contribution in [0.3, 0.4) is 0 Å². The van der Waals surface area contributed by atoms with Gasteiger partial charge < -0.3 is 5.11 Å². The van der Waals surface area contributed by atoms with Crippen LogP contribution in [0.2, 0.25) is 0 Å². The summed E-state index contributed by atoms with van der Waals surface area (Å²) < 4.78 is 0. The van der Waals surface area contributed by atoms with Gasteiger partial charge >= 0.3 is 0 Å². The average molecular weight is 156 g/mol. The van der Waals surface area contributed by atoms with Gasteiger partial charge in [-0.1, -0.05) is 13.8 Å². The molecular weight excluding hydrogens is 140 g/mol. The zero-order valence-corrected chi connectivity index (χ0v) is 7.42. The van der Waals surface area contributed by atoms with Crippen molar-refractivity contribution in [1.82, 2.24) is 0 Å². The summed E-state index contributed by atoms with van der Waals surface area (Å²) in [6.45, 7) is 5.67. The van der Waals surface area contributed by atoms with Gasteiger partial charge in [-0.15, -0.1) is 0 Å². The predicted molar refractivity (Wildman–Crippen MR) is 43.2 cm³/mol. The molecule has 0 aromatic heterocycles. The molecule has 0 bridgehead atoms. The number of hydrogen-bond donors (Lipinski definition) is 1. The first kappa shape index (κ1) is 8.72. The Hall–Kier alpha value is -0.370. The van der Waals surface area contributed by atoms with Crippen molar-refractivity contribution in [3.63, 3.8) is 0 Å². The Labute approximate surface area is 67.6 Å². The van der Waals surface area contributed by atoms with Crippen molar-refractivity contribution >= 4 is 5.78 Å². The summed E-state index contributed by atoms with van der Waals surface area (Å²) in [7, 11) is 0. The normalized spacial score (nSPS) is 46.0. The average Bonchev–Trinajstić information content (AvgIpc) is 1.95. The minimum atomic E-state index is -1.07. The molecule has 0 aromatic rings. The van der Waals surface area contributed by atoms with Crippen LogP contribution in [0.1, 0.15) is 33.6 Å². The smallest absolute Gasteiger partial charge is 0.164 e. The monoisotopic (exact) mass is 156 g/mol. The zero-order chi connectivity index (χ0) is 8.65. The van der Waals surface area contributed by atoms with E-state index in [9.17, 15) is 9.90 Å².